The van der Waals surface area contributed by atoms with E-state index in [9.17, 15) is 9.59 Å². The molecule has 0 unspecified atom stereocenters. The van der Waals surface area contributed by atoms with Crippen LogP contribution in [0.3, 0.4) is 0 Å². The summed E-state index contributed by atoms with van der Waals surface area (Å²) in [6.45, 7) is 4.73. The number of fused-ring (bicyclic) bond motifs is 1. The molecule has 0 atom stereocenters. The summed E-state index contributed by atoms with van der Waals surface area (Å²) in [6.07, 6.45) is -0.352. The summed E-state index contributed by atoms with van der Waals surface area (Å²) < 4.78 is 4.93. The summed E-state index contributed by atoms with van der Waals surface area (Å²) in [6, 6.07) is 12.3. The Bertz CT molecular complexity index is 1050. The van der Waals surface area contributed by atoms with E-state index < -0.39 is 0 Å². The van der Waals surface area contributed by atoms with Crippen LogP contribution in [0.4, 0.5) is 16.2 Å². The zero-order valence-electron chi connectivity index (χ0n) is 15.0. The molecule has 1 saturated heterocycles. The molecule has 0 aliphatic carbocycles. The Morgan fingerprint density at radius 3 is 2.41 bits per heavy atom. The standard InChI is InChI=1S/C20H18N4O3/c1-12-13(2)22-18-11-14(3-8-17(18)21-12)19(25)23-15-4-6-16(7-5-15)24-9-10-27-20(24)26/h3-8,11H,9-10H2,1-2H3,(H,23,25). The molecule has 1 N–H and O–H groups in total. The van der Waals surface area contributed by atoms with Gasteiger partial charge in [-0.3, -0.25) is 9.69 Å². The van der Waals surface area contributed by atoms with Crippen molar-refractivity contribution < 1.29 is 14.3 Å². The van der Waals surface area contributed by atoms with Gasteiger partial charge in [0, 0.05) is 16.9 Å². The molecule has 2 amide bonds. The van der Waals surface area contributed by atoms with Crippen LogP contribution < -0.4 is 10.2 Å². The second-order valence-electron chi connectivity index (χ2n) is 6.36. The Kier molecular flexibility index (Phi) is 4.19. The van der Waals surface area contributed by atoms with Crippen molar-refractivity contribution >= 4 is 34.4 Å². The predicted octanol–water partition coefficient (Wildman–Crippen LogP) is 3.46. The summed E-state index contributed by atoms with van der Waals surface area (Å²) in [5.74, 6) is -0.231. The first kappa shape index (κ1) is 17.0. The summed E-state index contributed by atoms with van der Waals surface area (Å²) >= 11 is 0. The maximum absolute atomic E-state index is 12.6. The number of aryl methyl sites for hydroxylation is 2. The fraction of sp³-hybridized carbons (Fsp3) is 0.200. The Balaban J connectivity index is 1.52. The number of benzene rings is 2. The van der Waals surface area contributed by atoms with Crippen LogP contribution in [0, 0.1) is 13.8 Å². The van der Waals surface area contributed by atoms with Crippen LogP contribution in [0.15, 0.2) is 42.5 Å². The molecule has 4 rings (SSSR count). The summed E-state index contributed by atoms with van der Waals surface area (Å²) in [5.41, 5.74) is 5.06. The molecule has 136 valence electrons. The van der Waals surface area contributed by atoms with E-state index in [-0.39, 0.29) is 12.0 Å². The SMILES string of the molecule is Cc1nc2ccc(C(=O)Nc3ccc(N4CCOC4=O)cc3)cc2nc1C. The molecule has 0 radical (unpaired) electrons. The van der Waals surface area contributed by atoms with Gasteiger partial charge >= 0.3 is 6.09 Å². The Labute approximate surface area is 156 Å². The average molecular weight is 362 g/mol. The number of rotatable bonds is 3. The first-order chi connectivity index (χ1) is 13.0. The monoisotopic (exact) mass is 362 g/mol. The first-order valence-corrected chi connectivity index (χ1v) is 8.62. The minimum Gasteiger partial charge on any atom is -0.447 e. The summed E-state index contributed by atoms with van der Waals surface area (Å²) in [7, 11) is 0. The van der Waals surface area contributed by atoms with Gasteiger partial charge in [0.2, 0.25) is 0 Å². The van der Waals surface area contributed by atoms with Crippen LogP contribution in [0.2, 0.25) is 0 Å². The van der Waals surface area contributed by atoms with Gasteiger partial charge in [-0.25, -0.2) is 14.8 Å². The molecule has 1 fully saturated rings. The number of cyclic esters (lactones) is 1. The number of ether oxygens (including phenoxy) is 1. The van der Waals surface area contributed by atoms with E-state index in [1.54, 1.807) is 47.4 Å². The third-order valence-corrected chi connectivity index (χ3v) is 4.54. The Morgan fingerprint density at radius 1 is 1.04 bits per heavy atom. The fourth-order valence-electron chi connectivity index (χ4n) is 2.93. The molecule has 3 aromatic rings. The first-order valence-electron chi connectivity index (χ1n) is 8.62. The van der Waals surface area contributed by atoms with Gasteiger partial charge in [-0.05, 0) is 56.3 Å². The van der Waals surface area contributed by atoms with Gasteiger partial charge in [0.05, 0.1) is 29.0 Å². The second kappa shape index (κ2) is 6.68. The van der Waals surface area contributed by atoms with E-state index in [1.807, 2.05) is 13.8 Å². The lowest BCUT2D eigenvalue weighted by atomic mass is 10.1. The molecule has 0 saturated carbocycles. The maximum Gasteiger partial charge on any atom is 0.414 e. The van der Waals surface area contributed by atoms with Gasteiger partial charge in [-0.1, -0.05) is 0 Å². The lowest BCUT2D eigenvalue weighted by Crippen LogP contribution is -2.23. The highest BCUT2D eigenvalue weighted by molar-refractivity contribution is 6.06. The number of hydrogen-bond acceptors (Lipinski definition) is 5. The number of nitrogens with one attached hydrogen (secondary N) is 1. The van der Waals surface area contributed by atoms with Crippen molar-refractivity contribution in [2.75, 3.05) is 23.4 Å². The Hall–Kier alpha value is -3.48. The molecule has 1 aliphatic heterocycles. The normalized spacial score (nSPS) is 13.7. The molecule has 27 heavy (non-hydrogen) atoms. The number of hydrogen-bond donors (Lipinski definition) is 1. The van der Waals surface area contributed by atoms with Crippen LogP contribution in [0.25, 0.3) is 11.0 Å². The zero-order chi connectivity index (χ0) is 19.0. The molecule has 2 heterocycles. The lowest BCUT2D eigenvalue weighted by Gasteiger charge is -2.13. The van der Waals surface area contributed by atoms with Crippen LogP contribution in [0.5, 0.6) is 0 Å². The van der Waals surface area contributed by atoms with Crippen molar-refractivity contribution in [2.45, 2.75) is 13.8 Å². The summed E-state index contributed by atoms with van der Waals surface area (Å²) in [5, 5.41) is 2.86. The number of anilines is 2. The second-order valence-corrected chi connectivity index (χ2v) is 6.36. The van der Waals surface area contributed by atoms with Crippen molar-refractivity contribution in [2.24, 2.45) is 0 Å². The minimum atomic E-state index is -0.352. The van der Waals surface area contributed by atoms with Crippen molar-refractivity contribution in [1.82, 2.24) is 9.97 Å². The van der Waals surface area contributed by atoms with E-state index in [2.05, 4.69) is 15.3 Å². The smallest absolute Gasteiger partial charge is 0.414 e. The van der Waals surface area contributed by atoms with Gasteiger partial charge in [-0.2, -0.15) is 0 Å². The molecule has 2 aromatic carbocycles. The van der Waals surface area contributed by atoms with Crippen molar-refractivity contribution in [3.05, 3.63) is 59.4 Å². The third kappa shape index (κ3) is 3.31. The van der Waals surface area contributed by atoms with Crippen LogP contribution in [-0.4, -0.2) is 35.1 Å². The maximum atomic E-state index is 12.6. The number of carbonyl (C=O) groups excluding carboxylic acids is 2. The molecular formula is C20H18N4O3. The molecule has 0 spiro atoms. The molecule has 7 heteroatoms. The third-order valence-electron chi connectivity index (χ3n) is 4.54. The van der Waals surface area contributed by atoms with Crippen molar-refractivity contribution in [1.29, 1.82) is 0 Å². The predicted molar refractivity (Wildman–Crippen MR) is 102 cm³/mol. The van der Waals surface area contributed by atoms with Gasteiger partial charge in [0.25, 0.3) is 5.91 Å². The molecule has 1 aliphatic rings. The average Bonchev–Trinajstić information content (AvgIpc) is 3.09. The quantitative estimate of drug-likeness (QED) is 0.771. The van der Waals surface area contributed by atoms with E-state index in [1.165, 1.54) is 0 Å². The van der Waals surface area contributed by atoms with Crippen LogP contribution >= 0.6 is 0 Å². The van der Waals surface area contributed by atoms with Crippen molar-refractivity contribution in [3.63, 3.8) is 0 Å². The van der Waals surface area contributed by atoms with Crippen LogP contribution in [-0.2, 0) is 4.74 Å². The number of carbonyl (C=O) groups is 2. The van der Waals surface area contributed by atoms with Crippen molar-refractivity contribution in [3.8, 4) is 0 Å². The number of amides is 2. The van der Waals surface area contributed by atoms with Gasteiger partial charge in [0.15, 0.2) is 0 Å². The van der Waals surface area contributed by atoms with Gasteiger partial charge in [0.1, 0.15) is 6.61 Å². The van der Waals surface area contributed by atoms with E-state index in [0.29, 0.717) is 29.9 Å². The largest absolute Gasteiger partial charge is 0.447 e. The highest BCUT2D eigenvalue weighted by Gasteiger charge is 2.23. The highest BCUT2D eigenvalue weighted by atomic mass is 16.6. The van der Waals surface area contributed by atoms with Crippen LogP contribution in [0.1, 0.15) is 21.7 Å². The Morgan fingerprint density at radius 2 is 1.74 bits per heavy atom. The summed E-state index contributed by atoms with van der Waals surface area (Å²) in [4.78, 5) is 34.7. The molecular weight excluding hydrogens is 344 g/mol. The van der Waals surface area contributed by atoms with Gasteiger partial charge in [-0.15, -0.1) is 0 Å². The molecule has 7 nitrogen and oxygen atoms in total. The van der Waals surface area contributed by atoms with Gasteiger partial charge < -0.3 is 10.1 Å². The van der Waals surface area contributed by atoms with E-state index >= 15 is 0 Å². The minimum absolute atomic E-state index is 0.231. The lowest BCUT2D eigenvalue weighted by molar-refractivity contribution is 0.102. The molecule has 1 aromatic heterocycles. The van der Waals surface area contributed by atoms with E-state index in [0.717, 1.165) is 22.6 Å². The number of aromatic nitrogens is 2. The highest BCUT2D eigenvalue weighted by Crippen LogP contribution is 2.22. The zero-order valence-corrected chi connectivity index (χ0v) is 15.0. The fourth-order valence-corrected chi connectivity index (χ4v) is 2.93. The molecule has 0 bridgehead atoms. The topological polar surface area (TPSA) is 84.4 Å². The number of nitrogens with zero attached hydrogens (tertiary/aromatic N) is 3. The van der Waals surface area contributed by atoms with E-state index in [4.69, 9.17) is 4.74 Å².